The predicted molar refractivity (Wildman–Crippen MR) is 109 cm³/mol. The second-order valence-corrected chi connectivity index (χ2v) is 6.68. The molecule has 1 aromatic heterocycles. The first-order valence-electron chi connectivity index (χ1n) is 9.02. The number of ether oxygens (including phenoxy) is 1. The summed E-state index contributed by atoms with van der Waals surface area (Å²) >= 11 is 0. The van der Waals surface area contributed by atoms with E-state index in [2.05, 4.69) is 26.2 Å². The molecule has 1 unspecified atom stereocenters. The molecule has 1 aromatic carbocycles. The lowest BCUT2D eigenvalue weighted by atomic mass is 10.0. The third kappa shape index (κ3) is 5.87. The number of pyridine rings is 1. The molecule has 2 heterocycles. The third-order valence-electron chi connectivity index (χ3n) is 4.80. The molecule has 0 spiro atoms. The van der Waals surface area contributed by atoms with Crippen LogP contribution in [0.25, 0.3) is 0 Å². The Bertz CT molecular complexity index is 701. The highest BCUT2D eigenvalue weighted by atomic mass is 35.5. The molecule has 1 N–H and O–H groups in total. The zero-order valence-electron chi connectivity index (χ0n) is 15.9. The molecule has 1 atom stereocenters. The van der Waals surface area contributed by atoms with Crippen LogP contribution in [0.3, 0.4) is 0 Å². The Labute approximate surface area is 166 Å². The van der Waals surface area contributed by atoms with Crippen LogP contribution in [-0.2, 0) is 11.3 Å². The molecule has 7 heteroatoms. The molecular weight excluding hydrogens is 367 g/mol. The van der Waals surface area contributed by atoms with Crippen molar-refractivity contribution in [3.05, 3.63) is 59.5 Å². The number of halogens is 2. The Hall–Kier alpha value is -1.73. The molecule has 1 aliphatic heterocycles. The molecule has 0 radical (unpaired) electrons. The summed E-state index contributed by atoms with van der Waals surface area (Å²) in [6, 6.07) is 11.2. The van der Waals surface area contributed by atoms with Gasteiger partial charge in [-0.15, -0.1) is 12.4 Å². The number of likely N-dealkylation sites (N-methyl/N-ethyl adjacent to an activating group) is 1. The van der Waals surface area contributed by atoms with E-state index in [1.54, 1.807) is 19.2 Å². The van der Waals surface area contributed by atoms with E-state index in [4.69, 9.17) is 4.74 Å². The van der Waals surface area contributed by atoms with Crippen molar-refractivity contribution in [2.24, 2.45) is 0 Å². The lowest BCUT2D eigenvalue weighted by Crippen LogP contribution is -2.45. The van der Waals surface area contributed by atoms with E-state index >= 15 is 0 Å². The van der Waals surface area contributed by atoms with Crippen LogP contribution in [0.1, 0.15) is 17.2 Å². The Morgan fingerprint density at radius 2 is 2.19 bits per heavy atom. The molecule has 27 heavy (non-hydrogen) atoms. The van der Waals surface area contributed by atoms with Gasteiger partial charge in [0.1, 0.15) is 11.6 Å². The first-order chi connectivity index (χ1) is 12.7. The fraction of sp³-hybridized carbons (Fsp3) is 0.450. The fourth-order valence-corrected chi connectivity index (χ4v) is 3.29. The molecule has 0 amide bonds. The summed E-state index contributed by atoms with van der Waals surface area (Å²) in [6.07, 6.45) is 1.93. The number of aromatic nitrogens is 1. The number of benzene rings is 1. The van der Waals surface area contributed by atoms with E-state index < -0.39 is 0 Å². The maximum atomic E-state index is 13.6. The van der Waals surface area contributed by atoms with Crippen molar-refractivity contribution in [2.75, 3.05) is 51.8 Å². The fourth-order valence-electron chi connectivity index (χ4n) is 3.29. The number of methoxy groups -OCH3 is 1. The highest BCUT2D eigenvalue weighted by molar-refractivity contribution is 5.85. The van der Waals surface area contributed by atoms with E-state index in [-0.39, 0.29) is 24.3 Å². The molecule has 2 aromatic rings. The Balaban J connectivity index is 0.00000261. The van der Waals surface area contributed by atoms with Gasteiger partial charge in [-0.25, -0.2) is 9.37 Å². The summed E-state index contributed by atoms with van der Waals surface area (Å²) in [5, 5.41) is 3.41. The van der Waals surface area contributed by atoms with E-state index in [1.807, 2.05) is 25.4 Å². The van der Waals surface area contributed by atoms with E-state index in [9.17, 15) is 4.39 Å². The summed E-state index contributed by atoms with van der Waals surface area (Å²) in [6.45, 7) is 4.98. The van der Waals surface area contributed by atoms with Gasteiger partial charge in [0.25, 0.3) is 0 Å². The highest BCUT2D eigenvalue weighted by Gasteiger charge is 2.24. The molecule has 1 aliphatic rings. The van der Waals surface area contributed by atoms with Gasteiger partial charge >= 0.3 is 0 Å². The summed E-state index contributed by atoms with van der Waals surface area (Å²) < 4.78 is 18.7. The highest BCUT2D eigenvalue weighted by Crippen LogP contribution is 2.25. The Kier molecular flexibility index (Phi) is 8.44. The number of anilines is 1. The van der Waals surface area contributed by atoms with E-state index in [0.717, 1.165) is 49.7 Å². The molecule has 0 saturated carbocycles. The number of hydrogen-bond acceptors (Lipinski definition) is 5. The van der Waals surface area contributed by atoms with Crippen LogP contribution in [0.5, 0.6) is 0 Å². The number of hydrogen-bond donors (Lipinski definition) is 1. The van der Waals surface area contributed by atoms with Crippen LogP contribution in [0.15, 0.2) is 42.6 Å². The Morgan fingerprint density at radius 3 is 2.89 bits per heavy atom. The van der Waals surface area contributed by atoms with Gasteiger partial charge in [0, 0.05) is 59.1 Å². The minimum atomic E-state index is -0.182. The average molecular weight is 395 g/mol. The zero-order chi connectivity index (χ0) is 18.4. The van der Waals surface area contributed by atoms with Gasteiger partial charge in [-0.1, -0.05) is 18.2 Å². The lowest BCUT2D eigenvalue weighted by Gasteiger charge is -2.36. The topological polar surface area (TPSA) is 40.6 Å². The van der Waals surface area contributed by atoms with Gasteiger partial charge in [0.15, 0.2) is 0 Å². The zero-order valence-corrected chi connectivity index (χ0v) is 16.7. The van der Waals surface area contributed by atoms with Crippen molar-refractivity contribution < 1.29 is 9.13 Å². The van der Waals surface area contributed by atoms with Crippen molar-refractivity contribution in [2.45, 2.75) is 12.6 Å². The van der Waals surface area contributed by atoms with Crippen LogP contribution in [0.2, 0.25) is 0 Å². The minimum Gasteiger partial charge on any atom is -0.383 e. The van der Waals surface area contributed by atoms with E-state index in [1.165, 1.54) is 6.07 Å². The van der Waals surface area contributed by atoms with Crippen LogP contribution in [0, 0.1) is 5.82 Å². The molecule has 0 aliphatic carbocycles. The van der Waals surface area contributed by atoms with Crippen molar-refractivity contribution in [1.29, 1.82) is 0 Å². The van der Waals surface area contributed by atoms with Gasteiger partial charge in [0.2, 0.25) is 0 Å². The van der Waals surface area contributed by atoms with Gasteiger partial charge in [-0.05, 0) is 29.3 Å². The predicted octanol–water partition coefficient (Wildman–Crippen LogP) is 2.87. The Morgan fingerprint density at radius 1 is 1.33 bits per heavy atom. The molecular formula is C20H28ClFN4O. The molecule has 148 valence electrons. The lowest BCUT2D eigenvalue weighted by molar-refractivity contribution is 0.153. The van der Waals surface area contributed by atoms with Gasteiger partial charge in [-0.3, -0.25) is 4.90 Å². The SMILES string of the molecule is COCCN(C)c1ccc(CN2CCNCC2c2cccc(F)c2)cn1.Cl. The largest absolute Gasteiger partial charge is 0.383 e. The van der Waals surface area contributed by atoms with E-state index in [0.29, 0.717) is 6.61 Å². The van der Waals surface area contributed by atoms with Crippen LogP contribution < -0.4 is 10.2 Å². The average Bonchev–Trinajstić information content (AvgIpc) is 2.67. The van der Waals surface area contributed by atoms with Crippen LogP contribution >= 0.6 is 12.4 Å². The molecule has 0 bridgehead atoms. The van der Waals surface area contributed by atoms with Crippen molar-refractivity contribution in [3.8, 4) is 0 Å². The second kappa shape index (κ2) is 10.6. The normalized spacial score (nSPS) is 17.4. The number of nitrogens with zero attached hydrogens (tertiary/aromatic N) is 3. The van der Waals surface area contributed by atoms with Gasteiger partial charge in [-0.2, -0.15) is 0 Å². The van der Waals surface area contributed by atoms with Crippen molar-refractivity contribution in [1.82, 2.24) is 15.2 Å². The number of nitrogens with one attached hydrogen (secondary N) is 1. The minimum absolute atomic E-state index is 0. The number of piperazine rings is 1. The summed E-state index contributed by atoms with van der Waals surface area (Å²) in [5.74, 6) is 0.755. The maximum absolute atomic E-state index is 13.6. The van der Waals surface area contributed by atoms with Crippen LogP contribution in [0.4, 0.5) is 10.2 Å². The summed E-state index contributed by atoms with van der Waals surface area (Å²) in [7, 11) is 3.71. The second-order valence-electron chi connectivity index (χ2n) is 6.68. The molecule has 5 nitrogen and oxygen atoms in total. The standard InChI is InChI=1S/C20H27FN4O.ClH/c1-24(10-11-26-2)20-7-6-16(13-23-20)15-25-9-8-22-14-19(25)17-4-3-5-18(21)12-17;/h3-7,12-13,19,22H,8-11,14-15H2,1-2H3;1H. The van der Waals surface area contributed by atoms with Gasteiger partial charge < -0.3 is 15.0 Å². The quantitative estimate of drug-likeness (QED) is 0.782. The molecule has 3 rings (SSSR count). The number of rotatable bonds is 7. The smallest absolute Gasteiger partial charge is 0.128 e. The summed E-state index contributed by atoms with van der Waals surface area (Å²) in [5.41, 5.74) is 2.18. The summed E-state index contributed by atoms with van der Waals surface area (Å²) in [4.78, 5) is 9.04. The van der Waals surface area contributed by atoms with Crippen molar-refractivity contribution in [3.63, 3.8) is 0 Å². The third-order valence-corrected chi connectivity index (χ3v) is 4.80. The molecule has 1 saturated heterocycles. The van der Waals surface area contributed by atoms with Crippen LogP contribution in [-0.4, -0.2) is 56.8 Å². The first kappa shape index (κ1) is 21.6. The maximum Gasteiger partial charge on any atom is 0.128 e. The monoisotopic (exact) mass is 394 g/mol. The van der Waals surface area contributed by atoms with Gasteiger partial charge in [0.05, 0.1) is 6.61 Å². The van der Waals surface area contributed by atoms with Crippen molar-refractivity contribution >= 4 is 18.2 Å². The first-order valence-corrected chi connectivity index (χ1v) is 9.02. The molecule has 1 fully saturated rings.